The summed E-state index contributed by atoms with van der Waals surface area (Å²) < 4.78 is 0. The van der Waals surface area contributed by atoms with Crippen molar-refractivity contribution in [3.63, 3.8) is 0 Å². The maximum absolute atomic E-state index is 4.18. The summed E-state index contributed by atoms with van der Waals surface area (Å²) >= 11 is 0. The molecule has 2 heteroatoms. The van der Waals surface area contributed by atoms with Crippen LogP contribution in [0.15, 0.2) is 67.1 Å². The van der Waals surface area contributed by atoms with Crippen molar-refractivity contribution in [3.8, 4) is 11.1 Å². The van der Waals surface area contributed by atoms with Gasteiger partial charge < -0.3 is 4.98 Å². The fourth-order valence-corrected chi connectivity index (χ4v) is 2.50. The van der Waals surface area contributed by atoms with E-state index in [4.69, 9.17) is 0 Å². The molecule has 0 bridgehead atoms. The molecule has 4 rings (SSSR count). The maximum atomic E-state index is 4.18. The number of fused-ring (bicyclic) bond motifs is 2. The molecule has 2 heterocycles. The first-order valence-electron chi connectivity index (χ1n) is 6.31. The zero-order chi connectivity index (χ0) is 12.7. The summed E-state index contributed by atoms with van der Waals surface area (Å²) in [6.45, 7) is 0. The molecule has 0 atom stereocenters. The van der Waals surface area contributed by atoms with E-state index in [0.29, 0.717) is 0 Å². The van der Waals surface area contributed by atoms with E-state index in [-0.39, 0.29) is 0 Å². The molecule has 0 aliphatic carbocycles. The van der Waals surface area contributed by atoms with E-state index >= 15 is 0 Å². The summed E-state index contributed by atoms with van der Waals surface area (Å²) in [7, 11) is 0. The molecular weight excluding hydrogens is 232 g/mol. The van der Waals surface area contributed by atoms with Gasteiger partial charge in [0.25, 0.3) is 0 Å². The number of hydrogen-bond donors (Lipinski definition) is 1. The Balaban J connectivity index is 1.92. The van der Waals surface area contributed by atoms with Gasteiger partial charge in [0, 0.05) is 29.5 Å². The summed E-state index contributed by atoms with van der Waals surface area (Å²) in [5.74, 6) is 0. The molecule has 0 fully saturated rings. The van der Waals surface area contributed by atoms with Gasteiger partial charge in [0.05, 0.1) is 0 Å². The van der Waals surface area contributed by atoms with Crippen LogP contribution in [0.1, 0.15) is 0 Å². The lowest BCUT2D eigenvalue weighted by Crippen LogP contribution is -1.80. The fraction of sp³-hybridized carbons (Fsp3) is 0. The molecule has 0 aliphatic rings. The number of aromatic amines is 1. The highest BCUT2D eigenvalue weighted by molar-refractivity contribution is 5.89. The predicted octanol–water partition coefficient (Wildman–Crippen LogP) is 4.38. The van der Waals surface area contributed by atoms with Crippen molar-refractivity contribution in [2.75, 3.05) is 0 Å². The molecule has 0 radical (unpaired) electrons. The smallest absolute Gasteiger partial charge is 0.0454 e. The van der Waals surface area contributed by atoms with Crippen LogP contribution in [-0.2, 0) is 0 Å². The Kier molecular flexibility index (Phi) is 2.15. The summed E-state index contributed by atoms with van der Waals surface area (Å²) in [6.07, 6.45) is 5.71. The Morgan fingerprint density at radius 2 is 1.58 bits per heavy atom. The van der Waals surface area contributed by atoms with Crippen LogP contribution in [0, 0.1) is 0 Å². The Hall–Kier alpha value is -2.61. The van der Waals surface area contributed by atoms with Gasteiger partial charge in [-0.25, -0.2) is 0 Å². The van der Waals surface area contributed by atoms with Crippen molar-refractivity contribution < 1.29 is 0 Å². The zero-order valence-corrected chi connectivity index (χ0v) is 10.3. The van der Waals surface area contributed by atoms with E-state index in [1.54, 1.807) is 0 Å². The third-order valence-corrected chi connectivity index (χ3v) is 3.53. The molecule has 0 amide bonds. The van der Waals surface area contributed by atoms with Gasteiger partial charge in [-0.1, -0.05) is 18.2 Å². The lowest BCUT2D eigenvalue weighted by molar-refractivity contribution is 1.36. The molecule has 0 spiro atoms. The van der Waals surface area contributed by atoms with Gasteiger partial charge in [0.2, 0.25) is 0 Å². The van der Waals surface area contributed by atoms with Gasteiger partial charge in [-0.05, 0) is 52.2 Å². The Morgan fingerprint density at radius 3 is 2.53 bits per heavy atom. The Bertz CT molecular complexity index is 874. The summed E-state index contributed by atoms with van der Waals surface area (Å²) in [5, 5.41) is 3.64. The Labute approximate surface area is 110 Å². The SMILES string of the molecule is c1cc2ccc(-c3ccc4[nH]ccc4c3)cc2cn1. The first-order chi connectivity index (χ1) is 9.40. The van der Waals surface area contributed by atoms with E-state index in [1.807, 2.05) is 24.7 Å². The third kappa shape index (κ3) is 1.69. The lowest BCUT2D eigenvalue weighted by atomic mass is 10.0. The number of hydrogen-bond acceptors (Lipinski definition) is 1. The highest BCUT2D eigenvalue weighted by atomic mass is 14.7. The average molecular weight is 244 g/mol. The summed E-state index contributed by atoms with van der Waals surface area (Å²) in [4.78, 5) is 7.40. The van der Waals surface area contributed by atoms with Crippen LogP contribution in [-0.4, -0.2) is 9.97 Å². The molecule has 0 saturated carbocycles. The number of H-pyrrole nitrogens is 1. The number of pyridine rings is 1. The molecule has 19 heavy (non-hydrogen) atoms. The normalized spacial score (nSPS) is 11.2. The molecule has 0 saturated heterocycles. The van der Waals surface area contributed by atoms with Crippen molar-refractivity contribution in [2.45, 2.75) is 0 Å². The molecular formula is C17H12N2. The first kappa shape index (κ1) is 10.3. The first-order valence-corrected chi connectivity index (χ1v) is 6.31. The van der Waals surface area contributed by atoms with Crippen LogP contribution < -0.4 is 0 Å². The van der Waals surface area contributed by atoms with Gasteiger partial charge in [-0.3, -0.25) is 4.98 Å². The highest BCUT2D eigenvalue weighted by Crippen LogP contribution is 2.26. The number of rotatable bonds is 1. The minimum absolute atomic E-state index is 1.17. The minimum atomic E-state index is 1.17. The van der Waals surface area contributed by atoms with Crippen LogP contribution >= 0.6 is 0 Å². The summed E-state index contributed by atoms with van der Waals surface area (Å²) in [5.41, 5.74) is 3.63. The molecule has 4 aromatic rings. The van der Waals surface area contributed by atoms with Crippen molar-refractivity contribution in [2.24, 2.45) is 0 Å². The van der Waals surface area contributed by atoms with Gasteiger partial charge in [0.15, 0.2) is 0 Å². The second-order valence-electron chi connectivity index (χ2n) is 4.72. The topological polar surface area (TPSA) is 28.7 Å². The molecule has 1 N–H and O–H groups in total. The molecule has 2 aromatic carbocycles. The number of aromatic nitrogens is 2. The molecule has 90 valence electrons. The average Bonchev–Trinajstić information content (AvgIpc) is 2.94. The Morgan fingerprint density at radius 1 is 0.737 bits per heavy atom. The molecule has 0 aliphatic heterocycles. The van der Waals surface area contributed by atoms with E-state index in [9.17, 15) is 0 Å². The van der Waals surface area contributed by atoms with Crippen molar-refractivity contribution in [1.29, 1.82) is 0 Å². The molecule has 2 aromatic heterocycles. The van der Waals surface area contributed by atoms with Gasteiger partial charge in [-0.15, -0.1) is 0 Å². The van der Waals surface area contributed by atoms with E-state index < -0.39 is 0 Å². The highest BCUT2D eigenvalue weighted by Gasteiger charge is 2.01. The van der Waals surface area contributed by atoms with Gasteiger partial charge in [-0.2, -0.15) is 0 Å². The minimum Gasteiger partial charge on any atom is -0.361 e. The largest absolute Gasteiger partial charge is 0.361 e. The van der Waals surface area contributed by atoms with Crippen molar-refractivity contribution >= 4 is 21.7 Å². The van der Waals surface area contributed by atoms with Crippen LogP contribution in [0.4, 0.5) is 0 Å². The second-order valence-corrected chi connectivity index (χ2v) is 4.72. The molecule has 2 nitrogen and oxygen atoms in total. The van der Waals surface area contributed by atoms with Crippen LogP contribution in [0.3, 0.4) is 0 Å². The molecule has 0 unspecified atom stereocenters. The van der Waals surface area contributed by atoms with Crippen LogP contribution in [0.5, 0.6) is 0 Å². The summed E-state index contributed by atoms with van der Waals surface area (Å²) in [6, 6.07) is 17.1. The second kappa shape index (κ2) is 3.95. The maximum Gasteiger partial charge on any atom is 0.0454 e. The van der Waals surface area contributed by atoms with Gasteiger partial charge >= 0.3 is 0 Å². The number of benzene rings is 2. The van der Waals surface area contributed by atoms with Crippen LogP contribution in [0.25, 0.3) is 32.8 Å². The van der Waals surface area contributed by atoms with Gasteiger partial charge in [0.1, 0.15) is 0 Å². The predicted molar refractivity (Wildman–Crippen MR) is 79.0 cm³/mol. The van der Waals surface area contributed by atoms with E-state index in [1.165, 1.54) is 32.8 Å². The number of nitrogens with zero attached hydrogens (tertiary/aromatic N) is 1. The fourth-order valence-electron chi connectivity index (χ4n) is 2.50. The van der Waals surface area contributed by atoms with Crippen molar-refractivity contribution in [3.05, 3.63) is 67.1 Å². The standard InChI is InChI=1S/C17H12N2/c1-2-13(10-16-11-18-7-5-12(1)16)14-3-4-17-15(9-14)6-8-19-17/h1-11,19H. The number of nitrogens with one attached hydrogen (secondary N) is 1. The third-order valence-electron chi connectivity index (χ3n) is 3.53. The van der Waals surface area contributed by atoms with E-state index in [2.05, 4.69) is 52.4 Å². The van der Waals surface area contributed by atoms with E-state index in [0.717, 1.165) is 0 Å². The lowest BCUT2D eigenvalue weighted by Gasteiger charge is -2.04. The zero-order valence-electron chi connectivity index (χ0n) is 10.3. The monoisotopic (exact) mass is 244 g/mol. The van der Waals surface area contributed by atoms with Crippen LogP contribution in [0.2, 0.25) is 0 Å². The quantitative estimate of drug-likeness (QED) is 0.528. The van der Waals surface area contributed by atoms with Crippen molar-refractivity contribution in [1.82, 2.24) is 9.97 Å².